The number of nitrogens with one attached hydrogen (secondary N) is 1. The molecule has 1 N–H and O–H groups in total. The maximum atomic E-state index is 5.55. The molecule has 0 aliphatic heterocycles. The van der Waals surface area contributed by atoms with Crippen LogP contribution < -0.4 is 5.32 Å². The van der Waals surface area contributed by atoms with Crippen molar-refractivity contribution in [3.05, 3.63) is 0 Å². The lowest BCUT2D eigenvalue weighted by Crippen LogP contribution is -2.30. The summed E-state index contributed by atoms with van der Waals surface area (Å²) < 4.78 is 5.55. The molecule has 0 unspecified atom stereocenters. The predicted octanol–water partition coefficient (Wildman–Crippen LogP) is 2.33. The van der Waals surface area contributed by atoms with E-state index >= 15 is 0 Å². The van der Waals surface area contributed by atoms with Gasteiger partial charge in [0.25, 0.3) is 0 Å². The van der Waals surface area contributed by atoms with Crippen LogP contribution in [0.15, 0.2) is 0 Å². The van der Waals surface area contributed by atoms with Crippen LogP contribution in [0.2, 0.25) is 0 Å². The Morgan fingerprint density at radius 1 is 1.14 bits per heavy atom. The van der Waals surface area contributed by atoms with Gasteiger partial charge in [-0.25, -0.2) is 0 Å². The van der Waals surface area contributed by atoms with E-state index in [1.54, 1.807) is 0 Å². The molecule has 2 rings (SSSR count). The Hall–Kier alpha value is -0.0800. The molecule has 0 aromatic carbocycles. The second kappa shape index (κ2) is 5.13. The molecule has 0 spiro atoms. The van der Waals surface area contributed by atoms with Gasteiger partial charge in [0.15, 0.2) is 0 Å². The van der Waals surface area contributed by atoms with Crippen molar-refractivity contribution in [2.75, 3.05) is 13.7 Å². The SMILES string of the molecule is CO[C@H]1CCCC[C@@H]1CCNC1CC1. The van der Waals surface area contributed by atoms with E-state index in [2.05, 4.69) is 5.32 Å². The molecule has 0 radical (unpaired) electrons. The zero-order valence-corrected chi connectivity index (χ0v) is 9.30. The van der Waals surface area contributed by atoms with E-state index in [9.17, 15) is 0 Å². The Bertz CT molecular complexity index is 168. The molecular formula is C12H23NO. The van der Waals surface area contributed by atoms with Crippen LogP contribution in [0.4, 0.5) is 0 Å². The van der Waals surface area contributed by atoms with Gasteiger partial charge < -0.3 is 10.1 Å². The van der Waals surface area contributed by atoms with E-state index in [1.165, 1.54) is 51.5 Å². The molecule has 2 atom stereocenters. The minimum Gasteiger partial charge on any atom is -0.381 e. The molecule has 2 aliphatic carbocycles. The first-order valence-electron chi connectivity index (χ1n) is 6.16. The van der Waals surface area contributed by atoms with Gasteiger partial charge in [-0.2, -0.15) is 0 Å². The maximum Gasteiger partial charge on any atom is 0.0600 e. The van der Waals surface area contributed by atoms with Crippen LogP contribution in [0.3, 0.4) is 0 Å². The summed E-state index contributed by atoms with van der Waals surface area (Å²) in [6.45, 7) is 1.20. The highest BCUT2D eigenvalue weighted by Gasteiger charge is 2.25. The molecule has 82 valence electrons. The Kier molecular flexibility index (Phi) is 3.82. The van der Waals surface area contributed by atoms with Crippen LogP contribution in [0.25, 0.3) is 0 Å². The molecule has 0 saturated heterocycles. The quantitative estimate of drug-likeness (QED) is 0.730. The number of hydrogen-bond acceptors (Lipinski definition) is 2. The predicted molar refractivity (Wildman–Crippen MR) is 58.4 cm³/mol. The highest BCUT2D eigenvalue weighted by atomic mass is 16.5. The summed E-state index contributed by atoms with van der Waals surface area (Å²) in [4.78, 5) is 0. The molecule has 0 aromatic heterocycles. The molecular weight excluding hydrogens is 174 g/mol. The molecule has 2 saturated carbocycles. The van der Waals surface area contributed by atoms with Gasteiger partial charge in [0.2, 0.25) is 0 Å². The third kappa shape index (κ3) is 2.96. The highest BCUT2D eigenvalue weighted by molar-refractivity contribution is 4.82. The number of rotatable bonds is 5. The third-order valence-corrected chi connectivity index (χ3v) is 3.67. The highest BCUT2D eigenvalue weighted by Crippen LogP contribution is 2.29. The van der Waals surface area contributed by atoms with E-state index in [0.717, 1.165) is 12.0 Å². The first kappa shape index (κ1) is 10.4. The summed E-state index contributed by atoms with van der Waals surface area (Å²) in [6.07, 6.45) is 10.1. The zero-order valence-electron chi connectivity index (χ0n) is 9.30. The van der Waals surface area contributed by atoms with E-state index in [0.29, 0.717) is 6.10 Å². The molecule has 0 bridgehead atoms. The van der Waals surface area contributed by atoms with Gasteiger partial charge in [0, 0.05) is 13.2 Å². The van der Waals surface area contributed by atoms with Gasteiger partial charge >= 0.3 is 0 Å². The molecule has 0 heterocycles. The van der Waals surface area contributed by atoms with Gasteiger partial charge in [-0.3, -0.25) is 0 Å². The molecule has 2 heteroatoms. The normalized spacial score (nSPS) is 33.2. The first-order valence-corrected chi connectivity index (χ1v) is 6.16. The van der Waals surface area contributed by atoms with Crippen LogP contribution in [-0.2, 0) is 4.74 Å². The monoisotopic (exact) mass is 197 g/mol. The standard InChI is InChI=1S/C12H23NO/c1-14-12-5-3-2-4-10(12)8-9-13-11-6-7-11/h10-13H,2-9H2,1H3/t10-,12+/m1/s1. The number of methoxy groups -OCH3 is 1. The van der Waals surface area contributed by atoms with Crippen LogP contribution in [0, 0.1) is 5.92 Å². The lowest BCUT2D eigenvalue weighted by atomic mass is 9.84. The molecule has 2 fully saturated rings. The largest absolute Gasteiger partial charge is 0.381 e. The second-order valence-corrected chi connectivity index (χ2v) is 4.84. The summed E-state index contributed by atoms with van der Waals surface area (Å²) in [6, 6.07) is 0.861. The lowest BCUT2D eigenvalue weighted by molar-refractivity contribution is 0.0205. The molecule has 0 aromatic rings. The Labute approximate surface area is 87.4 Å². The third-order valence-electron chi connectivity index (χ3n) is 3.67. The average Bonchev–Trinajstić information content (AvgIpc) is 3.03. The van der Waals surface area contributed by atoms with Crippen molar-refractivity contribution in [2.45, 2.75) is 57.1 Å². The summed E-state index contributed by atoms with van der Waals surface area (Å²) in [7, 11) is 1.87. The van der Waals surface area contributed by atoms with Crippen molar-refractivity contribution < 1.29 is 4.74 Å². The van der Waals surface area contributed by atoms with Gasteiger partial charge in [0.05, 0.1) is 6.10 Å². The van der Waals surface area contributed by atoms with Crippen LogP contribution in [-0.4, -0.2) is 25.8 Å². The van der Waals surface area contributed by atoms with Crippen molar-refractivity contribution in [1.82, 2.24) is 5.32 Å². The summed E-state index contributed by atoms with van der Waals surface area (Å²) >= 11 is 0. The second-order valence-electron chi connectivity index (χ2n) is 4.84. The van der Waals surface area contributed by atoms with Gasteiger partial charge in [-0.15, -0.1) is 0 Å². The van der Waals surface area contributed by atoms with Gasteiger partial charge in [-0.05, 0) is 44.6 Å². The van der Waals surface area contributed by atoms with Crippen molar-refractivity contribution in [1.29, 1.82) is 0 Å². The maximum absolute atomic E-state index is 5.55. The summed E-state index contributed by atoms with van der Waals surface area (Å²) in [5.74, 6) is 0.819. The molecule has 2 aliphatic rings. The number of ether oxygens (including phenoxy) is 1. The van der Waals surface area contributed by atoms with Crippen molar-refractivity contribution in [2.24, 2.45) is 5.92 Å². The molecule has 0 amide bonds. The Morgan fingerprint density at radius 2 is 1.93 bits per heavy atom. The van der Waals surface area contributed by atoms with Crippen molar-refractivity contribution in [3.8, 4) is 0 Å². The van der Waals surface area contributed by atoms with E-state index < -0.39 is 0 Å². The Balaban J connectivity index is 1.64. The van der Waals surface area contributed by atoms with Crippen LogP contribution >= 0.6 is 0 Å². The van der Waals surface area contributed by atoms with Gasteiger partial charge in [-0.1, -0.05) is 12.8 Å². The van der Waals surface area contributed by atoms with Gasteiger partial charge in [0.1, 0.15) is 0 Å². The fraction of sp³-hybridized carbons (Fsp3) is 1.00. The lowest BCUT2D eigenvalue weighted by Gasteiger charge is -2.30. The minimum atomic E-state index is 0.546. The van der Waals surface area contributed by atoms with E-state index in [4.69, 9.17) is 4.74 Å². The van der Waals surface area contributed by atoms with E-state index in [1.807, 2.05) is 7.11 Å². The fourth-order valence-corrected chi connectivity index (χ4v) is 2.57. The first-order chi connectivity index (χ1) is 6.90. The summed E-state index contributed by atoms with van der Waals surface area (Å²) in [5.41, 5.74) is 0. The van der Waals surface area contributed by atoms with Crippen LogP contribution in [0.1, 0.15) is 44.9 Å². The summed E-state index contributed by atoms with van der Waals surface area (Å²) in [5, 5.41) is 3.59. The fourth-order valence-electron chi connectivity index (χ4n) is 2.57. The van der Waals surface area contributed by atoms with E-state index in [-0.39, 0.29) is 0 Å². The van der Waals surface area contributed by atoms with Crippen molar-refractivity contribution in [3.63, 3.8) is 0 Å². The van der Waals surface area contributed by atoms with Crippen LogP contribution in [0.5, 0.6) is 0 Å². The molecule has 2 nitrogen and oxygen atoms in total. The van der Waals surface area contributed by atoms with Crippen molar-refractivity contribution >= 4 is 0 Å². The Morgan fingerprint density at radius 3 is 2.64 bits per heavy atom. The number of hydrogen-bond donors (Lipinski definition) is 1. The topological polar surface area (TPSA) is 21.3 Å². The smallest absolute Gasteiger partial charge is 0.0600 e. The molecule has 14 heavy (non-hydrogen) atoms. The average molecular weight is 197 g/mol. The zero-order chi connectivity index (χ0) is 9.80. The minimum absolute atomic E-state index is 0.546.